The fourth-order valence-corrected chi connectivity index (χ4v) is 16.0. The van der Waals surface area contributed by atoms with E-state index in [-0.39, 0.29) is 43.3 Å². The van der Waals surface area contributed by atoms with Crippen LogP contribution in [0.15, 0.2) is 260 Å². The van der Waals surface area contributed by atoms with Gasteiger partial charge in [-0.25, -0.2) is 69.8 Å². The number of benzene rings is 4. The Hall–Kier alpha value is -12.8. The second-order valence-corrected chi connectivity index (χ2v) is 36.3. The minimum absolute atomic E-state index is 0.0643. The van der Waals surface area contributed by atoms with Crippen LogP contribution in [0, 0.1) is 6.92 Å². The highest BCUT2D eigenvalue weighted by molar-refractivity contribution is 7.99. The van der Waals surface area contributed by atoms with Gasteiger partial charge in [0.25, 0.3) is 0 Å². The molecule has 0 unspecified atom stereocenters. The van der Waals surface area contributed by atoms with Crippen molar-refractivity contribution >= 4 is 105 Å². The summed E-state index contributed by atoms with van der Waals surface area (Å²) in [6.45, 7) is 14.5. The molecule has 13 heterocycles. The molecule has 20 rings (SSSR count). The molecule has 0 spiro atoms. The minimum atomic E-state index is -0.0643. The molecular weight excluding hydrogens is 1940 g/mol. The topological polar surface area (TPSA) is 383 Å². The summed E-state index contributed by atoms with van der Waals surface area (Å²) in [6, 6.07) is 59.1. The summed E-state index contributed by atoms with van der Waals surface area (Å²) < 4.78 is 5.39. The molecule has 0 atom stereocenters. The van der Waals surface area contributed by atoms with E-state index in [4.69, 9.17) is 103 Å². The van der Waals surface area contributed by atoms with Gasteiger partial charge in [-0.1, -0.05) is 190 Å². The van der Waals surface area contributed by atoms with E-state index in [0.29, 0.717) is 96.8 Å². The van der Waals surface area contributed by atoms with Crippen molar-refractivity contribution in [3.05, 3.63) is 327 Å². The molecule has 13 aromatic heterocycles. The lowest BCUT2D eigenvalue weighted by molar-refractivity contribution is 0.428. The largest absolute Gasteiger partial charge is 0.424 e. The number of para-hydroxylation sites is 1. The van der Waals surface area contributed by atoms with Crippen LogP contribution in [0.1, 0.15) is 191 Å². The molecule has 3 saturated carbocycles. The third-order valence-electron chi connectivity index (χ3n) is 21.9. The maximum absolute atomic E-state index is 6.06. The molecule has 3 aliphatic rings. The van der Waals surface area contributed by atoms with Crippen LogP contribution >= 0.6 is 105 Å². The Balaban J connectivity index is 0.000000134. The summed E-state index contributed by atoms with van der Waals surface area (Å²) >= 11 is 48.7. The van der Waals surface area contributed by atoms with Crippen LogP contribution in [0.4, 0.5) is 0 Å². The Morgan fingerprint density at radius 2 is 0.669 bits per heavy atom. The number of aryl methyl sites for hydroxylation is 1. The van der Waals surface area contributed by atoms with Gasteiger partial charge in [0.2, 0.25) is 42.3 Å². The Kier molecular flexibility index (Phi) is 39.3. The third kappa shape index (κ3) is 32.7. The van der Waals surface area contributed by atoms with Gasteiger partial charge >= 0.3 is 6.01 Å². The van der Waals surface area contributed by atoms with Crippen molar-refractivity contribution < 1.29 is 4.74 Å². The average molecular weight is 2030 g/mol. The van der Waals surface area contributed by atoms with Crippen LogP contribution < -0.4 is 4.74 Å². The molecule has 0 saturated heterocycles. The zero-order valence-electron chi connectivity index (χ0n) is 76.8. The first kappa shape index (κ1) is 104. The van der Waals surface area contributed by atoms with Crippen molar-refractivity contribution in [2.45, 2.75) is 183 Å². The van der Waals surface area contributed by atoms with E-state index in [9.17, 15) is 0 Å². The molecule has 0 amide bonds. The first-order valence-electron chi connectivity index (χ1n) is 44.8. The second kappa shape index (κ2) is 52.8. The Labute approximate surface area is 849 Å². The molecular formula is C100H95Cl8N29OS. The summed E-state index contributed by atoms with van der Waals surface area (Å²) in [4.78, 5) is 122. The third-order valence-corrected chi connectivity index (χ3v) is 24.1. The number of hydrogen-bond donors (Lipinski definition) is 0. The van der Waals surface area contributed by atoms with Crippen molar-refractivity contribution in [1.82, 2.24) is 145 Å². The SMILES string of the molecule is CCC(C)(C)c1nc(Cl)nc(C(C)(C)CC)n1.Cc1nc(Cl)nc(Oc2ccccc2)n1.Clc1nc(-c2ccccc2)nc(-c2ccccn2)n1.Clc1nc(-c2ccccc2)nc(C2CCCCC2)n1.Clc1nc(-c2cccnc2)nc(-c2cccnc2)n1.Clc1nc(-c2ccncc2)nc(-c2ccncc2)n1.Clc1nc(C2CCCC2)nc(C2CCCC2)n1.Clc1ncnc(Sc2ccccc2)n1. The maximum atomic E-state index is 6.06. The molecule has 0 bridgehead atoms. The highest BCUT2D eigenvalue weighted by Gasteiger charge is 2.30. The fourth-order valence-electron chi connectivity index (χ4n) is 13.9. The summed E-state index contributed by atoms with van der Waals surface area (Å²) in [6.07, 6.45) is 34.7. The van der Waals surface area contributed by atoms with Crippen LogP contribution in [0.2, 0.25) is 42.3 Å². The molecule has 3 fully saturated rings. The van der Waals surface area contributed by atoms with Gasteiger partial charge in [0.15, 0.2) is 45.9 Å². The highest BCUT2D eigenvalue weighted by atomic mass is 35.5. The zero-order valence-corrected chi connectivity index (χ0v) is 83.7. The molecule has 0 N–H and O–H groups in total. The summed E-state index contributed by atoms with van der Waals surface area (Å²) in [5.41, 5.74) is 5.69. The maximum Gasteiger partial charge on any atom is 0.326 e. The normalized spacial score (nSPS) is 12.9. The monoisotopic (exact) mass is 2030 g/mol. The van der Waals surface area contributed by atoms with E-state index >= 15 is 0 Å². The van der Waals surface area contributed by atoms with Crippen molar-refractivity contribution in [2.24, 2.45) is 0 Å². The highest BCUT2D eigenvalue weighted by Crippen LogP contribution is 2.38. The number of hydrogen-bond acceptors (Lipinski definition) is 31. The van der Waals surface area contributed by atoms with Crippen LogP contribution in [0.5, 0.6) is 11.8 Å². The lowest BCUT2D eigenvalue weighted by Gasteiger charge is -2.25. The first-order chi connectivity index (χ1) is 67.4. The van der Waals surface area contributed by atoms with E-state index < -0.39 is 0 Å². The van der Waals surface area contributed by atoms with E-state index in [0.717, 1.165) is 93.1 Å². The van der Waals surface area contributed by atoms with Crippen LogP contribution in [0.3, 0.4) is 0 Å². The van der Waals surface area contributed by atoms with Crippen LogP contribution in [0.25, 0.3) is 79.8 Å². The summed E-state index contributed by atoms with van der Waals surface area (Å²) in [5, 5.41) is 2.42. The lowest BCUT2D eigenvalue weighted by atomic mass is 9.87. The Morgan fingerprint density at radius 3 is 1.10 bits per heavy atom. The molecule has 4 aromatic carbocycles. The number of aromatic nitrogens is 29. The number of ether oxygens (including phenoxy) is 1. The lowest BCUT2D eigenvalue weighted by Crippen LogP contribution is -2.26. The molecule has 0 aliphatic heterocycles. The Morgan fingerprint density at radius 1 is 0.295 bits per heavy atom. The van der Waals surface area contributed by atoms with Crippen LogP contribution in [-0.2, 0) is 10.8 Å². The average Bonchev–Trinajstić information content (AvgIpc) is 1.11. The van der Waals surface area contributed by atoms with E-state index in [2.05, 4.69) is 181 Å². The van der Waals surface area contributed by atoms with Gasteiger partial charge in [-0.05, 0) is 248 Å². The van der Waals surface area contributed by atoms with Crippen molar-refractivity contribution in [3.63, 3.8) is 0 Å². The number of halogens is 8. The van der Waals surface area contributed by atoms with Gasteiger partial charge in [0.05, 0.1) is 0 Å². The standard InChI is InChI=1S/C15H16ClN3.C14H9ClN4.2C13H8ClN5.C13H18ClN3.C13H22ClN3.C10H8ClN3O.C9H6ClN3S/c16-15-18-13(11-7-3-1-4-8-11)17-14(19-15)12-9-5-2-6-10-12;15-14-18-12(10-6-2-1-3-7-10)17-13(19-14)11-8-4-5-9-16-11;14-13-18-11(9-1-5-15-6-2-9)17-12(19-13)10-3-7-16-8-4-10;14-13-18-11(9-3-1-5-15-7-9)17-12(19-13)10-4-2-6-16-8-10;14-13-16-11(9-5-1-2-6-9)15-12(17-13)10-7-3-4-8-10;1-7-12(3,4)9-15-10(13(5,6)8-2)17-11(14)16-9;1-7-12-9(11)14-10(13-7)15-8-5-3-2-4-6-8;10-8-11-6-12-9(13-8)14-7-4-2-1-3-5-7/h1,3-4,7-8,12H,2,5-6,9-10H2;1-9H;2*1-8H;9-10H,1-8H2;7-8H2,1-6H3;2-6H,1H3;1-6H. The molecule has 0 radical (unpaired) electrons. The molecule has 17 aromatic rings. The zero-order chi connectivity index (χ0) is 97.7. The molecule has 708 valence electrons. The minimum Gasteiger partial charge on any atom is -0.424 e. The van der Waals surface area contributed by atoms with Gasteiger partial charge < -0.3 is 4.74 Å². The van der Waals surface area contributed by atoms with Crippen molar-refractivity contribution in [1.29, 1.82) is 0 Å². The van der Waals surface area contributed by atoms with Gasteiger partial charge in [-0.2, -0.15) is 49.8 Å². The predicted molar refractivity (Wildman–Crippen MR) is 542 cm³/mol. The van der Waals surface area contributed by atoms with Gasteiger partial charge in [0.1, 0.15) is 52.7 Å². The quantitative estimate of drug-likeness (QED) is 0.0770. The first-order valence-corrected chi connectivity index (χ1v) is 48.6. The number of pyridine rings is 5. The smallest absolute Gasteiger partial charge is 0.326 e. The van der Waals surface area contributed by atoms with Crippen molar-refractivity contribution in [2.75, 3.05) is 0 Å². The second-order valence-electron chi connectivity index (χ2n) is 32.6. The van der Waals surface area contributed by atoms with Gasteiger partial charge in [0, 0.05) is 123 Å². The number of nitrogens with zero attached hydrogens (tertiary/aromatic N) is 29. The number of rotatable bonds is 18. The molecule has 139 heavy (non-hydrogen) atoms. The van der Waals surface area contributed by atoms with E-state index in [1.165, 1.54) is 88.7 Å². The van der Waals surface area contributed by atoms with Gasteiger partial charge in [-0.3, -0.25) is 24.9 Å². The van der Waals surface area contributed by atoms with Crippen LogP contribution in [-0.4, -0.2) is 145 Å². The van der Waals surface area contributed by atoms with E-state index in [1.54, 1.807) is 62.7 Å². The molecule has 3 aliphatic carbocycles. The molecule has 39 heteroatoms. The Bertz CT molecular complexity index is 6130. The summed E-state index contributed by atoms with van der Waals surface area (Å²) in [7, 11) is 0. The molecule has 30 nitrogen and oxygen atoms in total. The van der Waals surface area contributed by atoms with Gasteiger partial charge in [-0.15, -0.1) is 0 Å². The summed E-state index contributed by atoms with van der Waals surface area (Å²) in [5.74, 6) is 10.7. The fraction of sp³-hybridized carbons (Fsp3) is 0.270. The van der Waals surface area contributed by atoms with E-state index in [1.807, 2.05) is 188 Å². The van der Waals surface area contributed by atoms with Crippen molar-refractivity contribution in [3.8, 4) is 91.6 Å². The predicted octanol–water partition coefficient (Wildman–Crippen LogP) is 25.8.